The number of urea groups is 1. The SMILES string of the molecule is O=C(Nc1ccccc1)N1CCN2C(=O)c3ccccc3[C@@]12c1ccccc1. The summed E-state index contributed by atoms with van der Waals surface area (Å²) in [6.07, 6.45) is 0. The Kier molecular flexibility index (Phi) is 3.69. The average molecular weight is 369 g/mol. The number of carbonyl (C=O) groups is 2. The van der Waals surface area contributed by atoms with Crippen molar-refractivity contribution < 1.29 is 9.59 Å². The van der Waals surface area contributed by atoms with Gasteiger partial charge in [0.25, 0.3) is 5.91 Å². The maximum absolute atomic E-state index is 13.3. The molecule has 0 radical (unpaired) electrons. The first-order valence-electron chi connectivity index (χ1n) is 9.33. The molecule has 1 atom stereocenters. The molecule has 0 spiro atoms. The second-order valence-electron chi connectivity index (χ2n) is 6.99. The van der Waals surface area contributed by atoms with Crippen LogP contribution in [0.25, 0.3) is 0 Å². The summed E-state index contributed by atoms with van der Waals surface area (Å²) in [6.45, 7) is 0.957. The van der Waals surface area contributed by atoms with Gasteiger partial charge in [-0.1, -0.05) is 66.7 Å². The molecule has 1 N–H and O–H groups in total. The monoisotopic (exact) mass is 369 g/mol. The third-order valence-corrected chi connectivity index (χ3v) is 5.55. The van der Waals surface area contributed by atoms with Crippen LogP contribution in [0, 0.1) is 0 Å². The van der Waals surface area contributed by atoms with Crippen LogP contribution in [0.1, 0.15) is 21.5 Å². The molecule has 0 aliphatic carbocycles. The molecule has 0 unspecified atom stereocenters. The Morgan fingerprint density at radius 3 is 2.21 bits per heavy atom. The quantitative estimate of drug-likeness (QED) is 0.745. The summed E-state index contributed by atoms with van der Waals surface area (Å²) < 4.78 is 0. The molecule has 3 aromatic rings. The molecule has 1 fully saturated rings. The van der Waals surface area contributed by atoms with Gasteiger partial charge in [0.05, 0.1) is 0 Å². The summed E-state index contributed by atoms with van der Waals surface area (Å²) in [6, 6.07) is 26.5. The number of rotatable bonds is 2. The fourth-order valence-electron chi connectivity index (χ4n) is 4.43. The molecule has 0 bridgehead atoms. The van der Waals surface area contributed by atoms with Crippen LogP contribution in [0.5, 0.6) is 0 Å². The second-order valence-corrected chi connectivity index (χ2v) is 6.99. The van der Waals surface area contributed by atoms with E-state index in [-0.39, 0.29) is 11.9 Å². The van der Waals surface area contributed by atoms with Crippen molar-refractivity contribution in [2.75, 3.05) is 18.4 Å². The average Bonchev–Trinajstić information content (AvgIpc) is 3.26. The maximum atomic E-state index is 13.3. The van der Waals surface area contributed by atoms with E-state index in [9.17, 15) is 9.59 Å². The number of amides is 3. The fraction of sp³-hybridized carbons (Fsp3) is 0.130. The Morgan fingerprint density at radius 1 is 0.821 bits per heavy atom. The standard InChI is InChI=1S/C23H19N3O2/c27-21-19-13-7-8-14-20(19)23(17-9-3-1-4-10-17)25(21)15-16-26(23)22(28)24-18-11-5-2-6-12-18/h1-14H,15-16H2,(H,24,28)/t23-/m1/s1. The minimum absolute atomic E-state index is 0.0329. The molecule has 5 heteroatoms. The van der Waals surface area contributed by atoms with Crippen LogP contribution in [-0.2, 0) is 5.66 Å². The minimum atomic E-state index is -0.923. The highest BCUT2D eigenvalue weighted by Crippen LogP contribution is 2.49. The molecule has 0 aromatic heterocycles. The predicted octanol–water partition coefficient (Wildman–Crippen LogP) is 3.89. The normalized spacial score (nSPS) is 20.1. The van der Waals surface area contributed by atoms with Crippen LogP contribution in [0.15, 0.2) is 84.9 Å². The molecule has 0 saturated carbocycles. The van der Waals surface area contributed by atoms with E-state index in [1.165, 1.54) is 0 Å². The van der Waals surface area contributed by atoms with Gasteiger partial charge in [-0.2, -0.15) is 0 Å². The summed E-state index contributed by atoms with van der Waals surface area (Å²) in [5.41, 5.74) is 2.23. The lowest BCUT2D eigenvalue weighted by Crippen LogP contribution is -2.52. The van der Waals surface area contributed by atoms with Crippen molar-refractivity contribution in [3.8, 4) is 0 Å². The lowest BCUT2D eigenvalue weighted by atomic mass is 9.90. The van der Waals surface area contributed by atoms with Gasteiger partial charge < -0.3 is 10.2 Å². The molecule has 3 amide bonds. The molecule has 5 nitrogen and oxygen atoms in total. The number of anilines is 1. The minimum Gasteiger partial charge on any atom is -0.308 e. The first-order chi connectivity index (χ1) is 13.7. The number of carbonyl (C=O) groups excluding carboxylic acids is 2. The highest BCUT2D eigenvalue weighted by molar-refractivity contribution is 6.02. The summed E-state index contributed by atoms with van der Waals surface area (Å²) >= 11 is 0. The van der Waals surface area contributed by atoms with E-state index in [2.05, 4.69) is 5.32 Å². The van der Waals surface area contributed by atoms with Crippen LogP contribution in [0.2, 0.25) is 0 Å². The third kappa shape index (κ3) is 2.19. The molecule has 2 aliphatic heterocycles. The van der Waals surface area contributed by atoms with Crippen molar-refractivity contribution in [1.29, 1.82) is 0 Å². The van der Waals surface area contributed by atoms with Gasteiger partial charge in [-0.15, -0.1) is 0 Å². The van der Waals surface area contributed by atoms with E-state index in [4.69, 9.17) is 0 Å². The van der Waals surface area contributed by atoms with Gasteiger partial charge in [-0.3, -0.25) is 9.69 Å². The Balaban J connectivity index is 1.67. The van der Waals surface area contributed by atoms with Crippen molar-refractivity contribution in [3.63, 3.8) is 0 Å². The van der Waals surface area contributed by atoms with Crippen molar-refractivity contribution in [2.24, 2.45) is 0 Å². The van der Waals surface area contributed by atoms with E-state index < -0.39 is 5.66 Å². The largest absolute Gasteiger partial charge is 0.324 e. The van der Waals surface area contributed by atoms with E-state index in [1.807, 2.05) is 89.8 Å². The van der Waals surface area contributed by atoms with E-state index in [0.29, 0.717) is 18.7 Å². The van der Waals surface area contributed by atoms with Gasteiger partial charge in [-0.05, 0) is 18.2 Å². The van der Waals surface area contributed by atoms with Gasteiger partial charge in [0.15, 0.2) is 5.66 Å². The molecule has 28 heavy (non-hydrogen) atoms. The number of benzene rings is 3. The Bertz CT molecular complexity index is 1050. The number of fused-ring (bicyclic) bond motifs is 3. The molecule has 1 saturated heterocycles. The predicted molar refractivity (Wildman–Crippen MR) is 107 cm³/mol. The first-order valence-corrected chi connectivity index (χ1v) is 9.33. The first kappa shape index (κ1) is 16.6. The van der Waals surface area contributed by atoms with Crippen molar-refractivity contribution in [1.82, 2.24) is 9.80 Å². The number of hydrogen-bond acceptors (Lipinski definition) is 2. The Labute approximate surface area is 163 Å². The molecule has 2 heterocycles. The lowest BCUT2D eigenvalue weighted by molar-refractivity contribution is 0.0560. The fourth-order valence-corrected chi connectivity index (χ4v) is 4.43. The zero-order valence-electron chi connectivity index (χ0n) is 15.2. The van der Waals surface area contributed by atoms with Crippen molar-refractivity contribution in [2.45, 2.75) is 5.66 Å². The zero-order chi connectivity index (χ0) is 19.1. The van der Waals surface area contributed by atoms with E-state index in [1.54, 1.807) is 4.90 Å². The van der Waals surface area contributed by atoms with E-state index in [0.717, 1.165) is 16.8 Å². The number of nitrogens with zero attached hydrogens (tertiary/aromatic N) is 2. The van der Waals surface area contributed by atoms with Crippen molar-refractivity contribution >= 4 is 17.6 Å². The van der Waals surface area contributed by atoms with Gasteiger partial charge in [-0.25, -0.2) is 4.79 Å². The highest BCUT2D eigenvalue weighted by atomic mass is 16.2. The van der Waals surface area contributed by atoms with E-state index >= 15 is 0 Å². The zero-order valence-corrected chi connectivity index (χ0v) is 15.2. The third-order valence-electron chi connectivity index (χ3n) is 5.55. The molecule has 3 aromatic carbocycles. The molecule has 5 rings (SSSR count). The second kappa shape index (κ2) is 6.23. The Hall–Kier alpha value is -3.60. The summed E-state index contributed by atoms with van der Waals surface area (Å²) in [5, 5.41) is 2.99. The summed E-state index contributed by atoms with van der Waals surface area (Å²) in [5.74, 6) is -0.0329. The smallest absolute Gasteiger partial charge is 0.308 e. The number of para-hydroxylation sites is 1. The Morgan fingerprint density at radius 2 is 1.46 bits per heavy atom. The van der Waals surface area contributed by atoms with Gasteiger partial charge in [0.1, 0.15) is 0 Å². The maximum Gasteiger partial charge on any atom is 0.324 e. The lowest BCUT2D eigenvalue weighted by Gasteiger charge is -2.40. The van der Waals surface area contributed by atoms with Crippen LogP contribution in [0.4, 0.5) is 10.5 Å². The molecule has 2 aliphatic rings. The van der Waals surface area contributed by atoms with Crippen LogP contribution in [0.3, 0.4) is 0 Å². The number of hydrogen-bond donors (Lipinski definition) is 1. The molecular weight excluding hydrogens is 350 g/mol. The van der Waals surface area contributed by atoms with Gasteiger partial charge in [0, 0.05) is 35.5 Å². The van der Waals surface area contributed by atoms with Gasteiger partial charge in [0.2, 0.25) is 0 Å². The van der Waals surface area contributed by atoms with Crippen LogP contribution >= 0.6 is 0 Å². The molecular formula is C23H19N3O2. The molecule has 138 valence electrons. The van der Waals surface area contributed by atoms with Gasteiger partial charge >= 0.3 is 6.03 Å². The topological polar surface area (TPSA) is 52.7 Å². The highest BCUT2D eigenvalue weighted by Gasteiger charge is 2.59. The van der Waals surface area contributed by atoms with Crippen LogP contribution < -0.4 is 5.32 Å². The van der Waals surface area contributed by atoms with Crippen LogP contribution in [-0.4, -0.2) is 34.8 Å². The summed E-state index contributed by atoms with van der Waals surface area (Å²) in [7, 11) is 0. The summed E-state index contributed by atoms with van der Waals surface area (Å²) in [4.78, 5) is 30.1. The van der Waals surface area contributed by atoms with Crippen molar-refractivity contribution in [3.05, 3.63) is 102 Å². The number of nitrogens with one attached hydrogen (secondary N) is 1.